The lowest BCUT2D eigenvalue weighted by molar-refractivity contribution is -0.138. The molecule has 1 N–H and O–H groups in total. The maximum atomic E-state index is 13.2. The summed E-state index contributed by atoms with van der Waals surface area (Å²) in [4.78, 5) is 16.5. The SMILES string of the molecule is O=C(Nc1ccc(Cc2ccncc2)cc1)C1CC1c1ccccc1C(F)(F)F. The summed E-state index contributed by atoms with van der Waals surface area (Å²) < 4.78 is 39.6. The quantitative estimate of drug-likeness (QED) is 0.625. The van der Waals surface area contributed by atoms with Gasteiger partial charge in [0, 0.05) is 24.0 Å². The van der Waals surface area contributed by atoms with Gasteiger partial charge in [-0.15, -0.1) is 0 Å². The standard InChI is InChI=1S/C23H19F3N2O/c24-23(25,26)21-4-2-1-3-18(21)19-14-20(19)22(29)28-17-7-5-15(6-8-17)13-16-9-11-27-12-10-16/h1-12,19-20H,13-14H2,(H,28,29). The third kappa shape index (κ3) is 4.47. The van der Waals surface area contributed by atoms with Crippen LogP contribution in [0.25, 0.3) is 0 Å². The second kappa shape index (κ2) is 7.70. The molecule has 148 valence electrons. The van der Waals surface area contributed by atoms with Crippen molar-refractivity contribution in [3.63, 3.8) is 0 Å². The fourth-order valence-corrected chi connectivity index (χ4v) is 3.58. The van der Waals surface area contributed by atoms with Crippen LogP contribution in [-0.2, 0) is 17.4 Å². The lowest BCUT2D eigenvalue weighted by atomic mass is 10.0. The van der Waals surface area contributed by atoms with Gasteiger partial charge in [0.05, 0.1) is 5.56 Å². The highest BCUT2D eigenvalue weighted by Gasteiger charge is 2.47. The van der Waals surface area contributed by atoms with E-state index in [0.29, 0.717) is 12.1 Å². The van der Waals surface area contributed by atoms with Gasteiger partial charge in [0.2, 0.25) is 5.91 Å². The highest BCUT2D eigenvalue weighted by molar-refractivity contribution is 5.95. The Morgan fingerprint density at radius 3 is 2.31 bits per heavy atom. The molecule has 1 heterocycles. The molecule has 6 heteroatoms. The molecule has 3 nitrogen and oxygen atoms in total. The van der Waals surface area contributed by atoms with Crippen molar-refractivity contribution in [3.05, 3.63) is 95.3 Å². The molecule has 0 aliphatic heterocycles. The van der Waals surface area contributed by atoms with E-state index in [1.807, 2.05) is 36.4 Å². The Morgan fingerprint density at radius 1 is 0.966 bits per heavy atom. The number of halogens is 3. The average Bonchev–Trinajstić information content (AvgIpc) is 3.51. The highest BCUT2D eigenvalue weighted by atomic mass is 19.4. The van der Waals surface area contributed by atoms with Gasteiger partial charge in [-0.1, -0.05) is 30.3 Å². The number of nitrogens with one attached hydrogen (secondary N) is 1. The van der Waals surface area contributed by atoms with Gasteiger partial charge in [-0.05, 0) is 65.8 Å². The van der Waals surface area contributed by atoms with E-state index in [0.717, 1.165) is 23.6 Å². The van der Waals surface area contributed by atoms with Crippen LogP contribution in [0.1, 0.15) is 34.6 Å². The predicted octanol–water partition coefficient (Wildman–Crippen LogP) is 5.43. The molecule has 3 aromatic rings. The average molecular weight is 396 g/mol. The molecule has 1 amide bonds. The Hall–Kier alpha value is -3.15. The minimum atomic E-state index is -4.41. The zero-order valence-electron chi connectivity index (χ0n) is 15.5. The number of carbonyl (C=O) groups is 1. The Kier molecular flexibility index (Phi) is 5.09. The van der Waals surface area contributed by atoms with Crippen molar-refractivity contribution in [2.45, 2.75) is 24.9 Å². The van der Waals surface area contributed by atoms with Crippen LogP contribution in [0, 0.1) is 5.92 Å². The summed E-state index contributed by atoms with van der Waals surface area (Å²) >= 11 is 0. The molecule has 1 aromatic heterocycles. The summed E-state index contributed by atoms with van der Waals surface area (Å²) in [5.41, 5.74) is 2.43. The van der Waals surface area contributed by atoms with Crippen molar-refractivity contribution in [3.8, 4) is 0 Å². The maximum Gasteiger partial charge on any atom is 0.416 e. The van der Waals surface area contributed by atoms with Crippen LogP contribution in [0.15, 0.2) is 73.1 Å². The van der Waals surface area contributed by atoms with Gasteiger partial charge in [-0.3, -0.25) is 9.78 Å². The second-order valence-corrected chi connectivity index (χ2v) is 7.25. The van der Waals surface area contributed by atoms with Gasteiger partial charge >= 0.3 is 6.18 Å². The van der Waals surface area contributed by atoms with Crippen LogP contribution in [0.2, 0.25) is 0 Å². The van der Waals surface area contributed by atoms with Gasteiger partial charge < -0.3 is 5.32 Å². The third-order valence-corrected chi connectivity index (χ3v) is 5.17. The largest absolute Gasteiger partial charge is 0.416 e. The fraction of sp³-hybridized carbons (Fsp3) is 0.217. The summed E-state index contributed by atoms with van der Waals surface area (Å²) in [7, 11) is 0. The smallest absolute Gasteiger partial charge is 0.326 e. The number of carbonyl (C=O) groups excluding carboxylic acids is 1. The fourth-order valence-electron chi connectivity index (χ4n) is 3.58. The molecule has 2 unspecified atom stereocenters. The van der Waals surface area contributed by atoms with Gasteiger partial charge in [0.15, 0.2) is 0 Å². The molecule has 0 radical (unpaired) electrons. The lowest BCUT2D eigenvalue weighted by Crippen LogP contribution is -2.15. The summed E-state index contributed by atoms with van der Waals surface area (Å²) in [6.45, 7) is 0. The van der Waals surface area contributed by atoms with E-state index < -0.39 is 23.6 Å². The van der Waals surface area contributed by atoms with Crippen LogP contribution >= 0.6 is 0 Å². The molecule has 29 heavy (non-hydrogen) atoms. The summed E-state index contributed by atoms with van der Waals surface area (Å²) in [5.74, 6) is -1.07. The van der Waals surface area contributed by atoms with E-state index in [1.165, 1.54) is 12.1 Å². The first-order valence-corrected chi connectivity index (χ1v) is 9.36. The van der Waals surface area contributed by atoms with Crippen LogP contribution < -0.4 is 5.32 Å². The number of benzene rings is 2. The van der Waals surface area contributed by atoms with E-state index in [-0.39, 0.29) is 11.5 Å². The van der Waals surface area contributed by atoms with E-state index in [2.05, 4.69) is 10.3 Å². The summed E-state index contributed by atoms with van der Waals surface area (Å²) in [6.07, 6.45) is 0.263. The number of rotatable bonds is 5. The number of aromatic nitrogens is 1. The van der Waals surface area contributed by atoms with Gasteiger partial charge in [-0.25, -0.2) is 0 Å². The first-order valence-electron chi connectivity index (χ1n) is 9.36. The van der Waals surface area contributed by atoms with Crippen LogP contribution in [-0.4, -0.2) is 10.9 Å². The van der Waals surface area contributed by atoms with Crippen LogP contribution in [0.4, 0.5) is 18.9 Å². The van der Waals surface area contributed by atoms with Gasteiger partial charge in [0.1, 0.15) is 0 Å². The Morgan fingerprint density at radius 2 is 1.62 bits per heavy atom. The molecule has 2 atom stereocenters. The zero-order chi connectivity index (χ0) is 20.4. The maximum absolute atomic E-state index is 13.2. The molecule has 4 rings (SSSR count). The van der Waals surface area contributed by atoms with Crippen molar-refractivity contribution >= 4 is 11.6 Å². The zero-order valence-corrected chi connectivity index (χ0v) is 15.5. The van der Waals surface area contributed by atoms with Gasteiger partial charge in [-0.2, -0.15) is 13.2 Å². The predicted molar refractivity (Wildman–Crippen MR) is 104 cm³/mol. The molecule has 2 aromatic carbocycles. The van der Waals surface area contributed by atoms with Gasteiger partial charge in [0.25, 0.3) is 0 Å². The molecule has 1 saturated carbocycles. The van der Waals surface area contributed by atoms with Crippen molar-refractivity contribution in [2.24, 2.45) is 5.92 Å². The molecule has 1 aliphatic rings. The number of alkyl halides is 3. The van der Waals surface area contributed by atoms with E-state index in [4.69, 9.17) is 0 Å². The van der Waals surface area contributed by atoms with Crippen LogP contribution in [0.3, 0.4) is 0 Å². The number of amides is 1. The number of hydrogen-bond acceptors (Lipinski definition) is 2. The highest BCUT2D eigenvalue weighted by Crippen LogP contribution is 2.51. The number of nitrogens with zero attached hydrogens (tertiary/aromatic N) is 1. The second-order valence-electron chi connectivity index (χ2n) is 7.25. The van der Waals surface area contributed by atoms with E-state index in [9.17, 15) is 18.0 Å². The van der Waals surface area contributed by atoms with Crippen molar-refractivity contribution < 1.29 is 18.0 Å². The van der Waals surface area contributed by atoms with Crippen molar-refractivity contribution in [2.75, 3.05) is 5.32 Å². The van der Waals surface area contributed by atoms with Crippen LogP contribution in [0.5, 0.6) is 0 Å². The van der Waals surface area contributed by atoms with Crippen molar-refractivity contribution in [1.29, 1.82) is 0 Å². The van der Waals surface area contributed by atoms with Crippen molar-refractivity contribution in [1.82, 2.24) is 4.98 Å². The number of pyridine rings is 1. The molecule has 0 saturated heterocycles. The lowest BCUT2D eigenvalue weighted by Gasteiger charge is -2.12. The monoisotopic (exact) mass is 396 g/mol. The minimum absolute atomic E-state index is 0.202. The molecule has 1 fully saturated rings. The van der Waals surface area contributed by atoms with E-state index >= 15 is 0 Å². The molecule has 0 bridgehead atoms. The Bertz CT molecular complexity index is 1000. The first kappa shape index (κ1) is 19.2. The number of hydrogen-bond donors (Lipinski definition) is 1. The van der Waals surface area contributed by atoms with E-state index in [1.54, 1.807) is 18.5 Å². The molecule has 1 aliphatic carbocycles. The summed E-state index contributed by atoms with van der Waals surface area (Å²) in [6, 6.07) is 16.9. The normalized spacial score (nSPS) is 18.3. The number of anilines is 1. The molecular weight excluding hydrogens is 377 g/mol. The third-order valence-electron chi connectivity index (χ3n) is 5.17. The molecule has 0 spiro atoms. The summed E-state index contributed by atoms with van der Waals surface area (Å²) in [5, 5.41) is 2.82. The molecular formula is C23H19F3N2O. The topological polar surface area (TPSA) is 42.0 Å². The Balaban J connectivity index is 1.39. The Labute approximate surface area is 166 Å². The minimum Gasteiger partial charge on any atom is -0.326 e. The first-order chi connectivity index (χ1) is 13.9.